The minimum atomic E-state index is -1.00. The van der Waals surface area contributed by atoms with Crippen molar-refractivity contribution in [1.82, 2.24) is 0 Å². The summed E-state index contributed by atoms with van der Waals surface area (Å²) >= 11 is 5.97. The van der Waals surface area contributed by atoms with Crippen LogP contribution in [0.2, 0.25) is 5.02 Å². The molecule has 3 rings (SSSR count). The Labute approximate surface area is 108 Å². The summed E-state index contributed by atoms with van der Waals surface area (Å²) in [5.41, 5.74) is 0.138. The van der Waals surface area contributed by atoms with Gasteiger partial charge in [-0.2, -0.15) is 0 Å². The predicted octanol–water partition coefficient (Wildman–Crippen LogP) is 4.34. The van der Waals surface area contributed by atoms with Gasteiger partial charge in [0.05, 0.1) is 10.6 Å². The van der Waals surface area contributed by atoms with E-state index in [4.69, 9.17) is 16.7 Å². The number of rotatable bonds is 1. The molecule has 0 unspecified atom stereocenters. The van der Waals surface area contributed by atoms with E-state index in [1.165, 1.54) is 0 Å². The zero-order valence-corrected chi connectivity index (χ0v) is 10.1. The van der Waals surface area contributed by atoms with E-state index >= 15 is 0 Å². The van der Waals surface area contributed by atoms with Crippen LogP contribution in [0.4, 0.5) is 0 Å². The van der Waals surface area contributed by atoms with E-state index < -0.39 is 5.97 Å². The molecule has 0 atom stereocenters. The van der Waals surface area contributed by atoms with Crippen LogP contribution in [0.3, 0.4) is 0 Å². The van der Waals surface area contributed by atoms with Crippen LogP contribution < -0.4 is 0 Å². The van der Waals surface area contributed by atoms with Crippen molar-refractivity contribution in [3.05, 3.63) is 59.1 Å². The second-order valence-electron chi connectivity index (χ2n) is 4.18. The van der Waals surface area contributed by atoms with Gasteiger partial charge < -0.3 is 5.11 Å². The Morgan fingerprint density at radius 3 is 2.00 bits per heavy atom. The number of carboxylic acids is 1. The Morgan fingerprint density at radius 1 is 0.889 bits per heavy atom. The van der Waals surface area contributed by atoms with Crippen LogP contribution in [0.25, 0.3) is 21.5 Å². The smallest absolute Gasteiger partial charge is 0.337 e. The molecule has 3 aromatic rings. The first kappa shape index (κ1) is 11.1. The lowest BCUT2D eigenvalue weighted by Gasteiger charge is -2.05. The van der Waals surface area contributed by atoms with E-state index in [-0.39, 0.29) is 10.6 Å². The average Bonchev–Trinajstić information content (AvgIpc) is 2.35. The summed E-state index contributed by atoms with van der Waals surface area (Å²) in [6.45, 7) is 0. The number of carbonyl (C=O) groups is 1. The molecule has 0 radical (unpaired) electrons. The van der Waals surface area contributed by atoms with Crippen LogP contribution in [0.5, 0.6) is 0 Å². The Kier molecular flexibility index (Phi) is 2.46. The van der Waals surface area contributed by atoms with Crippen molar-refractivity contribution < 1.29 is 9.90 Å². The molecule has 3 heteroatoms. The first-order valence-corrected chi connectivity index (χ1v) is 5.88. The molecule has 0 saturated carbocycles. The van der Waals surface area contributed by atoms with Crippen molar-refractivity contribution >= 4 is 39.1 Å². The van der Waals surface area contributed by atoms with Crippen molar-refractivity contribution in [1.29, 1.82) is 0 Å². The molecule has 88 valence electrons. The molecule has 0 saturated heterocycles. The first-order chi connectivity index (χ1) is 8.65. The highest BCUT2D eigenvalue weighted by molar-refractivity contribution is 6.34. The Hall–Kier alpha value is -2.06. The minimum absolute atomic E-state index is 0.138. The number of carboxylic acid groups (broad SMARTS) is 1. The number of benzene rings is 3. The normalized spacial score (nSPS) is 10.9. The van der Waals surface area contributed by atoms with E-state index in [0.29, 0.717) is 0 Å². The molecule has 0 aliphatic rings. The SMILES string of the molecule is O=C(O)c1cc2cc3ccccc3cc2cc1Cl. The number of fused-ring (bicyclic) bond motifs is 2. The third-order valence-corrected chi connectivity index (χ3v) is 3.33. The summed E-state index contributed by atoms with van der Waals surface area (Å²) in [7, 11) is 0. The van der Waals surface area contributed by atoms with Gasteiger partial charge in [-0.05, 0) is 45.8 Å². The molecule has 0 aromatic heterocycles. The summed E-state index contributed by atoms with van der Waals surface area (Å²) in [6, 6.07) is 15.3. The lowest BCUT2D eigenvalue weighted by Crippen LogP contribution is -1.97. The van der Waals surface area contributed by atoms with E-state index in [2.05, 4.69) is 0 Å². The van der Waals surface area contributed by atoms with Gasteiger partial charge in [-0.25, -0.2) is 4.79 Å². The van der Waals surface area contributed by atoms with Crippen molar-refractivity contribution in [3.63, 3.8) is 0 Å². The summed E-state index contributed by atoms with van der Waals surface area (Å²) < 4.78 is 0. The molecular weight excluding hydrogens is 248 g/mol. The Balaban J connectivity index is 2.40. The lowest BCUT2D eigenvalue weighted by atomic mass is 10.0. The largest absolute Gasteiger partial charge is 0.478 e. The molecule has 1 N–H and O–H groups in total. The second-order valence-corrected chi connectivity index (χ2v) is 4.59. The van der Waals surface area contributed by atoms with Gasteiger partial charge in [0.2, 0.25) is 0 Å². The lowest BCUT2D eigenvalue weighted by molar-refractivity contribution is 0.0697. The fourth-order valence-corrected chi connectivity index (χ4v) is 2.38. The van der Waals surface area contributed by atoms with E-state index in [9.17, 15) is 4.79 Å². The molecule has 0 aliphatic carbocycles. The number of hydrogen-bond acceptors (Lipinski definition) is 1. The van der Waals surface area contributed by atoms with Crippen LogP contribution in [-0.2, 0) is 0 Å². The van der Waals surface area contributed by atoms with E-state index in [1.54, 1.807) is 12.1 Å². The summed E-state index contributed by atoms with van der Waals surface area (Å²) in [5, 5.41) is 13.4. The first-order valence-electron chi connectivity index (χ1n) is 5.50. The highest BCUT2D eigenvalue weighted by Gasteiger charge is 2.10. The highest BCUT2D eigenvalue weighted by Crippen LogP contribution is 2.28. The molecule has 0 amide bonds. The molecule has 3 aromatic carbocycles. The molecule has 0 heterocycles. The highest BCUT2D eigenvalue weighted by atomic mass is 35.5. The van der Waals surface area contributed by atoms with Gasteiger partial charge in [-0.15, -0.1) is 0 Å². The van der Waals surface area contributed by atoms with Gasteiger partial charge in [-0.3, -0.25) is 0 Å². The van der Waals surface area contributed by atoms with E-state index in [0.717, 1.165) is 21.5 Å². The maximum absolute atomic E-state index is 11.0. The molecular formula is C15H9ClO2. The summed E-state index contributed by atoms with van der Waals surface area (Å²) in [6.07, 6.45) is 0. The fourth-order valence-electron chi connectivity index (χ4n) is 2.13. The molecule has 2 nitrogen and oxygen atoms in total. The maximum atomic E-state index is 11.0. The molecule has 0 spiro atoms. The van der Waals surface area contributed by atoms with Crippen LogP contribution in [0.15, 0.2) is 48.5 Å². The number of halogens is 1. The minimum Gasteiger partial charge on any atom is -0.478 e. The standard InChI is InChI=1S/C15H9ClO2/c16-14-8-12-6-10-4-2-1-3-9(10)5-11(12)7-13(14)15(17)18/h1-8H,(H,17,18). The van der Waals surface area contributed by atoms with Gasteiger partial charge in [0.1, 0.15) is 0 Å². The third kappa shape index (κ3) is 1.71. The van der Waals surface area contributed by atoms with Crippen LogP contribution in [-0.4, -0.2) is 11.1 Å². The van der Waals surface area contributed by atoms with Gasteiger partial charge in [0, 0.05) is 0 Å². The van der Waals surface area contributed by atoms with Gasteiger partial charge >= 0.3 is 5.97 Å². The van der Waals surface area contributed by atoms with Crippen molar-refractivity contribution in [3.8, 4) is 0 Å². The van der Waals surface area contributed by atoms with Crippen molar-refractivity contribution in [2.45, 2.75) is 0 Å². The van der Waals surface area contributed by atoms with Gasteiger partial charge in [0.25, 0.3) is 0 Å². The zero-order chi connectivity index (χ0) is 12.7. The summed E-state index contributed by atoms with van der Waals surface area (Å²) in [5.74, 6) is -1.00. The number of hydrogen-bond donors (Lipinski definition) is 1. The second kappa shape index (κ2) is 4.00. The third-order valence-electron chi connectivity index (χ3n) is 3.02. The average molecular weight is 257 g/mol. The summed E-state index contributed by atoms with van der Waals surface area (Å²) in [4.78, 5) is 11.0. The van der Waals surface area contributed by atoms with E-state index in [1.807, 2.05) is 36.4 Å². The zero-order valence-electron chi connectivity index (χ0n) is 9.35. The van der Waals surface area contributed by atoms with Crippen molar-refractivity contribution in [2.24, 2.45) is 0 Å². The van der Waals surface area contributed by atoms with Crippen molar-refractivity contribution in [2.75, 3.05) is 0 Å². The predicted molar refractivity (Wildman–Crippen MR) is 73.4 cm³/mol. The molecule has 0 fully saturated rings. The molecule has 0 bridgehead atoms. The maximum Gasteiger partial charge on any atom is 0.337 e. The quantitative estimate of drug-likeness (QED) is 0.658. The van der Waals surface area contributed by atoms with Crippen LogP contribution in [0, 0.1) is 0 Å². The molecule has 0 aliphatic heterocycles. The fraction of sp³-hybridized carbons (Fsp3) is 0. The van der Waals surface area contributed by atoms with Gasteiger partial charge in [0.15, 0.2) is 0 Å². The number of aromatic carboxylic acids is 1. The monoisotopic (exact) mass is 256 g/mol. The van der Waals surface area contributed by atoms with Crippen LogP contribution in [0.1, 0.15) is 10.4 Å². The van der Waals surface area contributed by atoms with Crippen LogP contribution >= 0.6 is 11.6 Å². The molecule has 18 heavy (non-hydrogen) atoms. The Bertz CT molecular complexity index is 778. The Morgan fingerprint density at radius 2 is 1.44 bits per heavy atom. The van der Waals surface area contributed by atoms with Gasteiger partial charge in [-0.1, -0.05) is 35.9 Å². The topological polar surface area (TPSA) is 37.3 Å².